The minimum absolute atomic E-state index is 0.0272. The van der Waals surface area contributed by atoms with Crippen LogP contribution < -0.4 is 16.1 Å². The SMILES string of the molecule is CC1NC2C(C(=O)NC3CCC(C(C)(C)C)CC3)CNN2C2CCCC12. The number of hydrazine groups is 1. The van der Waals surface area contributed by atoms with Crippen LogP contribution in [0.15, 0.2) is 0 Å². The summed E-state index contributed by atoms with van der Waals surface area (Å²) in [4.78, 5) is 13.0. The molecule has 148 valence electrons. The highest BCUT2D eigenvalue weighted by Gasteiger charge is 2.50. The summed E-state index contributed by atoms with van der Waals surface area (Å²) in [5, 5.41) is 9.53. The fourth-order valence-corrected chi connectivity index (χ4v) is 6.07. The summed E-state index contributed by atoms with van der Waals surface area (Å²) < 4.78 is 0. The monoisotopic (exact) mass is 362 g/mol. The Labute approximate surface area is 159 Å². The van der Waals surface area contributed by atoms with Crippen LogP contribution in [0.1, 0.15) is 72.6 Å². The molecule has 5 nitrogen and oxygen atoms in total. The van der Waals surface area contributed by atoms with Crippen molar-refractivity contribution in [2.24, 2.45) is 23.2 Å². The van der Waals surface area contributed by atoms with E-state index in [4.69, 9.17) is 0 Å². The zero-order valence-electron chi connectivity index (χ0n) is 17.1. The Bertz CT molecular complexity index is 523. The lowest BCUT2D eigenvalue weighted by molar-refractivity contribution is -0.127. The number of hydrogen-bond acceptors (Lipinski definition) is 4. The van der Waals surface area contributed by atoms with E-state index in [1.807, 2.05) is 0 Å². The maximum atomic E-state index is 13.0. The summed E-state index contributed by atoms with van der Waals surface area (Å²) in [5.41, 5.74) is 3.95. The van der Waals surface area contributed by atoms with Gasteiger partial charge in [-0.2, -0.15) is 0 Å². The Morgan fingerprint density at radius 3 is 2.50 bits per heavy atom. The second kappa shape index (κ2) is 7.06. The van der Waals surface area contributed by atoms with Crippen molar-refractivity contribution in [2.75, 3.05) is 6.54 Å². The Balaban J connectivity index is 1.33. The average Bonchev–Trinajstić information content (AvgIpc) is 3.21. The van der Waals surface area contributed by atoms with Gasteiger partial charge in [-0.05, 0) is 62.7 Å². The van der Waals surface area contributed by atoms with Gasteiger partial charge in [0.25, 0.3) is 0 Å². The molecule has 0 spiro atoms. The van der Waals surface area contributed by atoms with Gasteiger partial charge in [-0.25, -0.2) is 5.01 Å². The van der Waals surface area contributed by atoms with Crippen molar-refractivity contribution in [1.82, 2.24) is 21.1 Å². The molecule has 4 fully saturated rings. The van der Waals surface area contributed by atoms with Gasteiger partial charge in [0.2, 0.25) is 5.91 Å². The third-order valence-corrected chi connectivity index (χ3v) is 7.77. The molecule has 2 heterocycles. The Morgan fingerprint density at radius 2 is 1.81 bits per heavy atom. The summed E-state index contributed by atoms with van der Waals surface area (Å²) in [5.74, 6) is 1.80. The van der Waals surface area contributed by atoms with Crippen molar-refractivity contribution in [3.63, 3.8) is 0 Å². The first kappa shape index (κ1) is 18.7. The zero-order chi connectivity index (χ0) is 18.5. The van der Waals surface area contributed by atoms with Crippen LogP contribution in [-0.4, -0.2) is 41.8 Å². The molecule has 26 heavy (non-hydrogen) atoms. The van der Waals surface area contributed by atoms with Crippen LogP contribution in [-0.2, 0) is 4.79 Å². The third kappa shape index (κ3) is 3.43. The van der Waals surface area contributed by atoms with Crippen LogP contribution in [0.25, 0.3) is 0 Å². The Hall–Kier alpha value is -0.650. The molecular weight excluding hydrogens is 324 g/mol. The van der Waals surface area contributed by atoms with Crippen LogP contribution in [0.4, 0.5) is 0 Å². The highest BCUT2D eigenvalue weighted by atomic mass is 16.2. The molecule has 2 aliphatic carbocycles. The van der Waals surface area contributed by atoms with Crippen molar-refractivity contribution >= 4 is 5.91 Å². The van der Waals surface area contributed by atoms with Gasteiger partial charge >= 0.3 is 0 Å². The van der Waals surface area contributed by atoms with Crippen molar-refractivity contribution in [1.29, 1.82) is 0 Å². The Kier molecular flexibility index (Phi) is 5.08. The molecular formula is C21H38N4O. The molecule has 0 aromatic heterocycles. The van der Waals surface area contributed by atoms with E-state index in [1.165, 1.54) is 32.1 Å². The van der Waals surface area contributed by atoms with Gasteiger partial charge in [-0.3, -0.25) is 15.5 Å². The predicted octanol–water partition coefficient (Wildman–Crippen LogP) is 2.63. The molecule has 0 aromatic rings. The predicted molar refractivity (Wildman–Crippen MR) is 104 cm³/mol. The fourth-order valence-electron chi connectivity index (χ4n) is 6.07. The van der Waals surface area contributed by atoms with E-state index in [0.717, 1.165) is 31.2 Å². The number of amides is 1. The van der Waals surface area contributed by atoms with Gasteiger partial charge in [0, 0.05) is 24.7 Å². The minimum Gasteiger partial charge on any atom is -0.353 e. The van der Waals surface area contributed by atoms with Gasteiger partial charge in [-0.15, -0.1) is 0 Å². The lowest BCUT2D eigenvalue weighted by Gasteiger charge is -2.45. The maximum absolute atomic E-state index is 13.0. The Morgan fingerprint density at radius 1 is 1.08 bits per heavy atom. The van der Waals surface area contributed by atoms with E-state index in [0.29, 0.717) is 23.5 Å². The molecule has 4 rings (SSSR count). The number of rotatable bonds is 2. The van der Waals surface area contributed by atoms with Crippen molar-refractivity contribution in [2.45, 2.75) is 96.9 Å². The number of nitrogens with one attached hydrogen (secondary N) is 3. The van der Waals surface area contributed by atoms with E-state index < -0.39 is 0 Å². The van der Waals surface area contributed by atoms with Crippen molar-refractivity contribution in [3.8, 4) is 0 Å². The molecule has 5 unspecified atom stereocenters. The molecule has 0 radical (unpaired) electrons. The van der Waals surface area contributed by atoms with E-state index in [9.17, 15) is 4.79 Å². The molecule has 0 aromatic carbocycles. The van der Waals surface area contributed by atoms with Gasteiger partial charge in [0.15, 0.2) is 0 Å². The van der Waals surface area contributed by atoms with Gasteiger partial charge < -0.3 is 5.32 Å². The van der Waals surface area contributed by atoms with Crippen LogP contribution in [0.5, 0.6) is 0 Å². The lowest BCUT2D eigenvalue weighted by atomic mass is 9.71. The van der Waals surface area contributed by atoms with Gasteiger partial charge in [-0.1, -0.05) is 27.2 Å². The van der Waals surface area contributed by atoms with E-state index in [-0.39, 0.29) is 18.0 Å². The zero-order valence-corrected chi connectivity index (χ0v) is 17.1. The molecule has 2 saturated carbocycles. The number of carbonyl (C=O) groups excluding carboxylic acids is 1. The first-order valence-corrected chi connectivity index (χ1v) is 10.9. The number of hydrogen-bond donors (Lipinski definition) is 3. The molecule has 0 bridgehead atoms. The maximum Gasteiger partial charge on any atom is 0.227 e. The van der Waals surface area contributed by atoms with Crippen LogP contribution in [0, 0.1) is 23.2 Å². The average molecular weight is 363 g/mol. The minimum atomic E-state index is 0.0272. The number of nitrogens with zero attached hydrogens (tertiary/aromatic N) is 1. The van der Waals surface area contributed by atoms with Crippen LogP contribution in [0.2, 0.25) is 0 Å². The quantitative estimate of drug-likeness (QED) is 0.707. The molecule has 1 amide bonds. The number of fused-ring (bicyclic) bond motifs is 3. The lowest BCUT2D eigenvalue weighted by Crippen LogP contribution is -2.64. The summed E-state index contributed by atoms with van der Waals surface area (Å²) in [6.45, 7) is 10.1. The second-order valence-corrected chi connectivity index (χ2v) is 10.4. The third-order valence-electron chi connectivity index (χ3n) is 7.77. The second-order valence-electron chi connectivity index (χ2n) is 10.4. The molecule has 4 aliphatic rings. The largest absolute Gasteiger partial charge is 0.353 e. The molecule has 5 atom stereocenters. The molecule has 2 aliphatic heterocycles. The highest BCUT2D eigenvalue weighted by Crippen LogP contribution is 2.39. The van der Waals surface area contributed by atoms with Crippen LogP contribution in [0.3, 0.4) is 0 Å². The topological polar surface area (TPSA) is 56.4 Å². The van der Waals surface area contributed by atoms with Crippen molar-refractivity contribution in [3.05, 3.63) is 0 Å². The van der Waals surface area contributed by atoms with Crippen LogP contribution >= 0.6 is 0 Å². The van der Waals surface area contributed by atoms with E-state index in [2.05, 4.69) is 48.8 Å². The van der Waals surface area contributed by atoms with Gasteiger partial charge in [0.05, 0.1) is 12.1 Å². The summed E-state index contributed by atoms with van der Waals surface area (Å²) >= 11 is 0. The van der Waals surface area contributed by atoms with Gasteiger partial charge in [0.1, 0.15) is 0 Å². The summed E-state index contributed by atoms with van der Waals surface area (Å²) in [7, 11) is 0. The standard InChI is InChI=1S/C21H38N4O/c1-13-16-6-5-7-18(16)25-19(23-13)17(12-22-25)20(26)24-15-10-8-14(9-11-15)21(2,3)4/h13-19,22-23H,5-12H2,1-4H3,(H,24,26). The summed E-state index contributed by atoms with van der Waals surface area (Å²) in [6, 6.07) is 1.49. The highest BCUT2D eigenvalue weighted by molar-refractivity contribution is 5.80. The van der Waals surface area contributed by atoms with E-state index in [1.54, 1.807) is 0 Å². The normalized spacial score (nSPS) is 43.8. The smallest absolute Gasteiger partial charge is 0.227 e. The summed E-state index contributed by atoms with van der Waals surface area (Å²) in [6.07, 6.45) is 8.82. The molecule has 3 N–H and O–H groups in total. The molecule has 5 heteroatoms. The first-order chi connectivity index (χ1) is 12.3. The van der Waals surface area contributed by atoms with E-state index >= 15 is 0 Å². The number of carbonyl (C=O) groups is 1. The fraction of sp³-hybridized carbons (Fsp3) is 0.952. The molecule has 2 saturated heterocycles. The first-order valence-electron chi connectivity index (χ1n) is 10.9. The van der Waals surface area contributed by atoms with Crippen molar-refractivity contribution < 1.29 is 4.79 Å².